The molecule has 1 atom stereocenters. The van der Waals surface area contributed by atoms with Gasteiger partial charge in [-0.2, -0.15) is 0 Å². The Morgan fingerprint density at radius 3 is 2.75 bits per heavy atom. The summed E-state index contributed by atoms with van der Waals surface area (Å²) in [6, 6.07) is 20.0. The van der Waals surface area contributed by atoms with Gasteiger partial charge in [-0.1, -0.05) is 75.7 Å². The number of halogens is 2. The molecule has 0 saturated carbocycles. The number of nitrogens with zero attached hydrogens (tertiary/aromatic N) is 3. The van der Waals surface area contributed by atoms with Crippen LogP contribution in [0.4, 0.5) is 0 Å². The van der Waals surface area contributed by atoms with E-state index in [-0.39, 0.29) is 5.91 Å². The van der Waals surface area contributed by atoms with Crippen LogP contribution in [-0.4, -0.2) is 33.8 Å². The van der Waals surface area contributed by atoms with Gasteiger partial charge in [0.25, 0.3) is 5.91 Å². The van der Waals surface area contributed by atoms with Gasteiger partial charge in [-0.05, 0) is 35.9 Å². The molecule has 0 bridgehead atoms. The van der Waals surface area contributed by atoms with Gasteiger partial charge in [0, 0.05) is 26.0 Å². The number of hydrazone groups is 1. The first-order valence-corrected chi connectivity index (χ1v) is 12.9. The van der Waals surface area contributed by atoms with Crippen molar-refractivity contribution in [1.29, 1.82) is 0 Å². The zero-order chi connectivity index (χ0) is 25.2. The first kappa shape index (κ1) is 24.4. The molecule has 2 heterocycles. The van der Waals surface area contributed by atoms with Crippen LogP contribution < -0.4 is 20.6 Å². The average molecular weight is 586 g/mol. The summed E-state index contributed by atoms with van der Waals surface area (Å²) >= 11 is 11.1. The molecule has 11 heteroatoms. The summed E-state index contributed by atoms with van der Waals surface area (Å²) in [6.45, 7) is -0.517. The summed E-state index contributed by atoms with van der Waals surface area (Å²) in [7, 11) is 0. The minimum atomic E-state index is -1.10. The van der Waals surface area contributed by atoms with E-state index in [1.54, 1.807) is 23.2 Å². The minimum Gasteiger partial charge on any atom is -0.481 e. The van der Waals surface area contributed by atoms with E-state index in [0.717, 1.165) is 10.0 Å². The summed E-state index contributed by atoms with van der Waals surface area (Å²) < 4.78 is 6.31. The summed E-state index contributed by atoms with van der Waals surface area (Å²) in [5.41, 5.74) is 1.82. The Labute approximate surface area is 223 Å². The molecule has 0 fully saturated rings. The smallest absolute Gasteiger partial charge is 0.341 e. The largest absolute Gasteiger partial charge is 0.481 e. The van der Waals surface area contributed by atoms with Crippen LogP contribution in [0.5, 0.6) is 5.75 Å². The third-order valence-corrected chi connectivity index (χ3v) is 7.21. The Hall–Kier alpha value is -3.34. The first-order chi connectivity index (χ1) is 17.4. The number of amidine groups is 1. The molecule has 1 amide bonds. The van der Waals surface area contributed by atoms with Crippen molar-refractivity contribution in [1.82, 2.24) is 10.3 Å². The van der Waals surface area contributed by atoms with Gasteiger partial charge in [-0.15, -0.1) is 5.10 Å². The average Bonchev–Trinajstić information content (AvgIpc) is 2.86. The highest BCUT2D eigenvalue weighted by Gasteiger charge is 2.36. The number of fused-ring (bicyclic) bond motifs is 2. The van der Waals surface area contributed by atoms with Gasteiger partial charge in [-0.3, -0.25) is 15.1 Å². The van der Waals surface area contributed by atoms with Gasteiger partial charge in [0.15, 0.2) is 17.9 Å². The quantitative estimate of drug-likeness (QED) is 0.458. The van der Waals surface area contributed by atoms with E-state index in [2.05, 4.69) is 21.2 Å². The minimum absolute atomic E-state index is 0.318. The molecule has 0 saturated heterocycles. The number of carboxylic acid groups (broad SMARTS) is 1. The van der Waals surface area contributed by atoms with Crippen LogP contribution in [0.15, 0.2) is 81.3 Å². The highest BCUT2D eigenvalue weighted by Crippen LogP contribution is 2.37. The number of hydrogen-bond donors (Lipinski definition) is 2. The summed E-state index contributed by atoms with van der Waals surface area (Å²) in [6.07, 6.45) is -0.766. The number of nitrogens with one attached hydrogen (secondary N) is 1. The van der Waals surface area contributed by atoms with E-state index in [4.69, 9.17) is 31.5 Å². The number of hydrogen-bond acceptors (Lipinski definition) is 7. The van der Waals surface area contributed by atoms with E-state index in [1.165, 1.54) is 11.8 Å². The Bertz CT molecular complexity index is 1530. The van der Waals surface area contributed by atoms with Crippen LogP contribution >= 0.6 is 39.3 Å². The third-order valence-electron chi connectivity index (χ3n) is 5.44. The van der Waals surface area contributed by atoms with E-state index >= 15 is 0 Å². The van der Waals surface area contributed by atoms with Gasteiger partial charge in [0.2, 0.25) is 0 Å². The summed E-state index contributed by atoms with van der Waals surface area (Å²) in [5, 5.41) is 20.6. The number of amides is 1. The third kappa shape index (κ3) is 4.97. The molecule has 0 spiro atoms. The molecule has 2 aliphatic rings. The number of aliphatic carboxylic acids is 1. The molecule has 1 unspecified atom stereocenters. The molecular weight excluding hydrogens is 568 g/mol. The van der Waals surface area contributed by atoms with Gasteiger partial charge in [-0.25, -0.2) is 9.80 Å². The second-order valence-electron chi connectivity index (χ2n) is 7.82. The topological polar surface area (TPSA) is 104 Å². The van der Waals surface area contributed by atoms with Gasteiger partial charge in [0.1, 0.15) is 11.4 Å². The molecular formula is C25H18BrClN4O4S. The lowest BCUT2D eigenvalue weighted by Crippen LogP contribution is -2.50. The predicted molar refractivity (Wildman–Crippen MR) is 141 cm³/mol. The van der Waals surface area contributed by atoms with Crippen LogP contribution in [0.2, 0.25) is 5.02 Å². The second kappa shape index (κ2) is 10.3. The van der Waals surface area contributed by atoms with Crippen LogP contribution in [0.25, 0.3) is 5.70 Å². The fourth-order valence-corrected chi connectivity index (χ4v) is 5.36. The van der Waals surface area contributed by atoms with Crippen molar-refractivity contribution in [2.75, 3.05) is 6.61 Å². The number of thioether (sulfide) groups is 1. The molecule has 0 aromatic heterocycles. The van der Waals surface area contributed by atoms with Crippen molar-refractivity contribution < 1.29 is 19.4 Å². The van der Waals surface area contributed by atoms with Crippen molar-refractivity contribution in [3.05, 3.63) is 97.9 Å². The lowest BCUT2D eigenvalue weighted by atomic mass is 10.1. The van der Waals surface area contributed by atoms with Gasteiger partial charge in [0.05, 0.1) is 5.36 Å². The lowest BCUT2D eigenvalue weighted by molar-refractivity contribution is -0.139. The maximum absolute atomic E-state index is 13.4. The fraction of sp³-hybridized carbons (Fsp3) is 0.120. The van der Waals surface area contributed by atoms with Crippen molar-refractivity contribution in [2.45, 2.75) is 11.9 Å². The fourth-order valence-electron chi connectivity index (χ4n) is 3.85. The normalized spacial score (nSPS) is 16.3. The summed E-state index contributed by atoms with van der Waals surface area (Å²) in [5.74, 6) is -0.582. The maximum Gasteiger partial charge on any atom is 0.341 e. The molecule has 5 rings (SSSR count). The second-order valence-corrected chi connectivity index (χ2v) is 10.1. The van der Waals surface area contributed by atoms with Crippen LogP contribution in [-0.2, 0) is 15.3 Å². The Morgan fingerprint density at radius 1 is 1.17 bits per heavy atom. The zero-order valence-corrected chi connectivity index (χ0v) is 21.7. The molecule has 2 aliphatic heterocycles. The van der Waals surface area contributed by atoms with Crippen LogP contribution in [0.3, 0.4) is 0 Å². The Morgan fingerprint density at radius 2 is 1.94 bits per heavy atom. The molecule has 36 heavy (non-hydrogen) atoms. The van der Waals surface area contributed by atoms with E-state index in [0.29, 0.717) is 43.5 Å². The molecule has 0 aliphatic carbocycles. The van der Waals surface area contributed by atoms with Crippen molar-refractivity contribution in [3.8, 4) is 5.75 Å². The lowest BCUT2D eigenvalue weighted by Gasteiger charge is -2.34. The summed E-state index contributed by atoms with van der Waals surface area (Å²) in [4.78, 5) is 29.4. The number of benzene rings is 3. The van der Waals surface area contributed by atoms with Crippen molar-refractivity contribution in [2.24, 2.45) is 10.1 Å². The number of carbonyl (C=O) groups is 2. The Balaban J connectivity index is 1.59. The predicted octanol–water partition coefficient (Wildman–Crippen LogP) is 3.64. The number of ether oxygens (including phenoxy) is 1. The molecule has 8 nitrogen and oxygen atoms in total. The SMILES string of the molecule is O=C(O)COc1ccc(Br)cc1C1N=c2ccccc2=C2C(=O)NC(SCc3ccccc3Cl)=NN21. The monoisotopic (exact) mass is 584 g/mol. The molecule has 3 aromatic carbocycles. The number of carboxylic acids is 1. The standard InChI is InChI=1S/C25H18BrClN4O4S/c26-15-9-10-20(35-12-21(32)33)17(11-15)23-28-19-8-4-2-6-16(19)22-24(34)29-25(30-31(22)23)36-13-14-5-1-3-7-18(14)27/h1-11,23H,12-13H2,(H,32,33)(H,29,30,34). The number of carbonyl (C=O) groups excluding carboxylic acids is 1. The zero-order valence-electron chi connectivity index (χ0n) is 18.5. The van der Waals surface area contributed by atoms with E-state index in [1.807, 2.05) is 48.5 Å². The molecule has 2 N–H and O–H groups in total. The van der Waals surface area contributed by atoms with Crippen molar-refractivity contribution >= 4 is 62.0 Å². The highest BCUT2D eigenvalue weighted by atomic mass is 79.9. The van der Waals surface area contributed by atoms with Crippen molar-refractivity contribution in [3.63, 3.8) is 0 Å². The molecule has 3 aromatic rings. The van der Waals surface area contributed by atoms with Gasteiger partial charge < -0.3 is 9.84 Å². The van der Waals surface area contributed by atoms with Gasteiger partial charge >= 0.3 is 5.97 Å². The Kier molecular flexibility index (Phi) is 6.99. The number of rotatable bonds is 6. The first-order valence-electron chi connectivity index (χ1n) is 10.8. The highest BCUT2D eigenvalue weighted by molar-refractivity contribution is 9.10. The van der Waals surface area contributed by atoms with E-state index < -0.39 is 18.7 Å². The van der Waals surface area contributed by atoms with Crippen LogP contribution in [0.1, 0.15) is 17.3 Å². The van der Waals surface area contributed by atoms with Crippen LogP contribution in [0, 0.1) is 0 Å². The molecule has 182 valence electrons. The van der Waals surface area contributed by atoms with E-state index in [9.17, 15) is 9.59 Å². The molecule has 0 radical (unpaired) electrons. The maximum atomic E-state index is 13.4. The number of para-hydroxylation sites is 1.